The highest BCUT2D eigenvalue weighted by Crippen LogP contribution is 2.29. The minimum Gasteiger partial charge on any atom is -0.491 e. The normalized spacial score (nSPS) is 13.0. The number of hydrogen-bond acceptors (Lipinski definition) is 2. The van der Waals surface area contributed by atoms with Crippen LogP contribution in [0.15, 0.2) is 48.5 Å². The Kier molecular flexibility index (Phi) is 5.36. The number of nitrogens with one attached hydrogen (secondary N) is 1. The fraction of sp³-hybridized carbons (Fsp3) is 0.350. The highest BCUT2D eigenvalue weighted by molar-refractivity contribution is 5.91. The van der Waals surface area contributed by atoms with Gasteiger partial charge in [0, 0.05) is 12.7 Å². The van der Waals surface area contributed by atoms with Crippen molar-refractivity contribution >= 4 is 11.7 Å². The summed E-state index contributed by atoms with van der Waals surface area (Å²) >= 11 is 0. The molecular weight excluding hydrogens is 300 g/mol. The number of hydrogen-bond donors (Lipinski definition) is 1. The van der Waals surface area contributed by atoms with Crippen LogP contribution in [0.4, 0.5) is 10.5 Å². The molecule has 0 spiro atoms. The van der Waals surface area contributed by atoms with E-state index in [-0.39, 0.29) is 6.03 Å². The summed E-state index contributed by atoms with van der Waals surface area (Å²) in [7, 11) is 1.76. The molecule has 3 rings (SSSR count). The second kappa shape index (κ2) is 7.86. The van der Waals surface area contributed by atoms with E-state index in [2.05, 4.69) is 17.4 Å². The molecule has 2 amide bonds. The van der Waals surface area contributed by atoms with Gasteiger partial charge in [0.25, 0.3) is 0 Å². The van der Waals surface area contributed by atoms with E-state index < -0.39 is 0 Å². The molecule has 2 aromatic rings. The molecule has 0 radical (unpaired) electrons. The molecular formula is C20H24N2O2. The van der Waals surface area contributed by atoms with Crippen molar-refractivity contribution in [3.63, 3.8) is 0 Å². The van der Waals surface area contributed by atoms with Crippen LogP contribution in [0.2, 0.25) is 0 Å². The third kappa shape index (κ3) is 3.88. The topological polar surface area (TPSA) is 41.6 Å². The number of amides is 2. The molecule has 1 aliphatic rings. The van der Waals surface area contributed by atoms with Crippen LogP contribution < -0.4 is 15.0 Å². The van der Waals surface area contributed by atoms with Gasteiger partial charge in [0.2, 0.25) is 0 Å². The number of urea groups is 1. The number of rotatable bonds is 5. The molecule has 0 bridgehead atoms. The minimum atomic E-state index is -0.125. The van der Waals surface area contributed by atoms with E-state index in [1.165, 1.54) is 24.0 Å². The van der Waals surface area contributed by atoms with Gasteiger partial charge in [0.05, 0.1) is 6.54 Å². The summed E-state index contributed by atoms with van der Waals surface area (Å²) in [4.78, 5) is 13.7. The van der Waals surface area contributed by atoms with Crippen LogP contribution in [0.3, 0.4) is 0 Å². The Balaban J connectivity index is 1.48. The van der Waals surface area contributed by atoms with E-state index in [9.17, 15) is 4.79 Å². The average molecular weight is 324 g/mol. The van der Waals surface area contributed by atoms with Crippen LogP contribution in [0.25, 0.3) is 0 Å². The lowest BCUT2D eigenvalue weighted by Gasteiger charge is -2.20. The Bertz CT molecular complexity index is 685. The zero-order chi connectivity index (χ0) is 16.8. The molecule has 0 saturated heterocycles. The summed E-state index contributed by atoms with van der Waals surface area (Å²) in [6.45, 7) is 0.963. The molecule has 1 N–H and O–H groups in total. The highest BCUT2D eigenvalue weighted by Gasteiger charge is 2.14. The summed E-state index contributed by atoms with van der Waals surface area (Å²) < 4.78 is 5.91. The Hall–Kier alpha value is -2.49. The molecule has 1 aliphatic carbocycles. The fourth-order valence-corrected chi connectivity index (χ4v) is 3.09. The summed E-state index contributed by atoms with van der Waals surface area (Å²) in [5.41, 5.74) is 3.62. The van der Waals surface area contributed by atoms with E-state index in [4.69, 9.17) is 4.74 Å². The lowest BCUT2D eigenvalue weighted by atomic mass is 9.91. The largest absolute Gasteiger partial charge is 0.491 e. The van der Waals surface area contributed by atoms with Gasteiger partial charge in [-0.25, -0.2) is 4.79 Å². The van der Waals surface area contributed by atoms with Gasteiger partial charge in [-0.2, -0.15) is 0 Å². The van der Waals surface area contributed by atoms with Crippen molar-refractivity contribution in [2.75, 3.05) is 25.1 Å². The minimum absolute atomic E-state index is 0.125. The molecule has 0 aliphatic heterocycles. The Labute approximate surface area is 143 Å². The Morgan fingerprint density at radius 3 is 2.71 bits per heavy atom. The Morgan fingerprint density at radius 1 is 1.08 bits per heavy atom. The first-order chi connectivity index (χ1) is 11.8. The lowest BCUT2D eigenvalue weighted by molar-refractivity contribution is 0.242. The zero-order valence-electron chi connectivity index (χ0n) is 14.1. The number of fused-ring (bicyclic) bond motifs is 1. The maximum Gasteiger partial charge on any atom is 0.321 e. The number of carbonyl (C=O) groups is 1. The van der Waals surface area contributed by atoms with Gasteiger partial charge in [0.1, 0.15) is 12.4 Å². The maximum absolute atomic E-state index is 12.1. The second-order valence-electron chi connectivity index (χ2n) is 6.08. The van der Waals surface area contributed by atoms with Gasteiger partial charge in [-0.3, -0.25) is 4.90 Å². The molecule has 0 unspecified atom stereocenters. The van der Waals surface area contributed by atoms with Gasteiger partial charge in [-0.15, -0.1) is 0 Å². The molecule has 0 heterocycles. The quantitative estimate of drug-likeness (QED) is 0.850. The summed E-state index contributed by atoms with van der Waals surface area (Å²) in [6, 6.07) is 15.7. The highest BCUT2D eigenvalue weighted by atomic mass is 16.5. The number of nitrogens with zero attached hydrogens (tertiary/aromatic N) is 1. The smallest absolute Gasteiger partial charge is 0.321 e. The molecule has 2 aromatic carbocycles. The number of carbonyl (C=O) groups excluding carboxylic acids is 1. The van der Waals surface area contributed by atoms with Gasteiger partial charge < -0.3 is 10.1 Å². The van der Waals surface area contributed by atoms with Gasteiger partial charge in [-0.1, -0.05) is 30.3 Å². The van der Waals surface area contributed by atoms with Crippen molar-refractivity contribution in [1.29, 1.82) is 0 Å². The number of ether oxygens (including phenoxy) is 1. The number of aryl methyl sites for hydroxylation is 1. The standard InChI is InChI=1S/C20H24N2O2/c1-22(17-10-3-2-4-11-17)20(23)21-14-15-24-19-13-7-9-16-8-5-6-12-18(16)19/h2-4,7,9-11,13H,5-6,8,12,14-15H2,1H3,(H,21,23). The number of benzene rings is 2. The first kappa shape index (κ1) is 16.4. The summed E-state index contributed by atoms with van der Waals surface area (Å²) in [5, 5.41) is 2.89. The van der Waals surface area contributed by atoms with Crippen LogP contribution >= 0.6 is 0 Å². The zero-order valence-corrected chi connectivity index (χ0v) is 14.1. The predicted molar refractivity (Wildman–Crippen MR) is 96.8 cm³/mol. The van der Waals surface area contributed by atoms with Crippen LogP contribution in [0.5, 0.6) is 5.75 Å². The molecule has 4 nitrogen and oxygen atoms in total. The lowest BCUT2D eigenvalue weighted by Crippen LogP contribution is -2.39. The molecule has 0 saturated carbocycles. The van der Waals surface area contributed by atoms with Crippen LogP contribution in [-0.2, 0) is 12.8 Å². The fourth-order valence-electron chi connectivity index (χ4n) is 3.09. The molecule has 126 valence electrons. The van der Waals surface area contributed by atoms with Gasteiger partial charge in [0.15, 0.2) is 0 Å². The van der Waals surface area contributed by atoms with E-state index in [1.54, 1.807) is 11.9 Å². The van der Waals surface area contributed by atoms with Crippen LogP contribution in [0, 0.1) is 0 Å². The van der Waals surface area contributed by atoms with E-state index in [0.29, 0.717) is 13.2 Å². The maximum atomic E-state index is 12.1. The summed E-state index contributed by atoms with van der Waals surface area (Å²) in [5.74, 6) is 0.970. The van der Waals surface area contributed by atoms with Crippen LogP contribution in [0.1, 0.15) is 24.0 Å². The van der Waals surface area contributed by atoms with Crippen molar-refractivity contribution in [2.45, 2.75) is 25.7 Å². The SMILES string of the molecule is CN(C(=O)NCCOc1cccc2c1CCCC2)c1ccccc1. The van der Waals surface area contributed by atoms with Gasteiger partial charge >= 0.3 is 6.03 Å². The van der Waals surface area contributed by atoms with E-state index >= 15 is 0 Å². The third-order valence-corrected chi connectivity index (χ3v) is 4.44. The van der Waals surface area contributed by atoms with Crippen LogP contribution in [-0.4, -0.2) is 26.2 Å². The van der Waals surface area contributed by atoms with Crippen molar-refractivity contribution in [3.05, 3.63) is 59.7 Å². The second-order valence-corrected chi connectivity index (χ2v) is 6.08. The monoisotopic (exact) mass is 324 g/mol. The molecule has 24 heavy (non-hydrogen) atoms. The molecule has 0 atom stereocenters. The van der Waals surface area contributed by atoms with Crippen molar-refractivity contribution in [2.24, 2.45) is 0 Å². The molecule has 0 fully saturated rings. The number of anilines is 1. The third-order valence-electron chi connectivity index (χ3n) is 4.44. The van der Waals surface area contributed by atoms with Crippen molar-refractivity contribution < 1.29 is 9.53 Å². The van der Waals surface area contributed by atoms with Gasteiger partial charge in [-0.05, 0) is 55.0 Å². The summed E-state index contributed by atoms with van der Waals surface area (Å²) in [6.07, 6.45) is 4.73. The van der Waals surface area contributed by atoms with E-state index in [1.807, 2.05) is 36.4 Å². The van der Waals surface area contributed by atoms with Crippen molar-refractivity contribution in [3.8, 4) is 5.75 Å². The van der Waals surface area contributed by atoms with Crippen molar-refractivity contribution in [1.82, 2.24) is 5.32 Å². The molecule has 4 heteroatoms. The average Bonchev–Trinajstić information content (AvgIpc) is 2.65. The first-order valence-electron chi connectivity index (χ1n) is 8.56. The van der Waals surface area contributed by atoms with E-state index in [0.717, 1.165) is 24.3 Å². The molecule has 0 aromatic heterocycles. The predicted octanol–water partition coefficient (Wildman–Crippen LogP) is 3.79. The first-order valence-corrected chi connectivity index (χ1v) is 8.56. The number of para-hydroxylation sites is 1. The Morgan fingerprint density at radius 2 is 1.88 bits per heavy atom.